The number of thiophene rings is 1. The molecule has 1 aromatic carbocycles. The maximum Gasteiger partial charge on any atom is 0.242 e. The first-order valence-corrected chi connectivity index (χ1v) is 6.30. The van der Waals surface area contributed by atoms with E-state index < -0.39 is 11.9 Å². The number of hydrogen-bond donors (Lipinski definition) is 3. The molecule has 1 amide bonds. The Labute approximate surface area is 109 Å². The summed E-state index contributed by atoms with van der Waals surface area (Å²) in [4.78, 5) is 12.9. The van der Waals surface area contributed by atoms with Crippen LogP contribution >= 0.6 is 11.3 Å². The second kappa shape index (κ2) is 5.30. The Morgan fingerprint density at radius 1 is 1.33 bits per heavy atom. The first kappa shape index (κ1) is 12.8. The molecule has 5 heteroatoms. The molecule has 0 fully saturated rings. The summed E-state index contributed by atoms with van der Waals surface area (Å²) in [5, 5.41) is 8.94. The third kappa shape index (κ3) is 2.43. The lowest BCUT2D eigenvalue weighted by Crippen LogP contribution is -2.30. The van der Waals surface area contributed by atoms with Crippen LogP contribution in [0.25, 0.3) is 10.4 Å². The molecule has 4 N–H and O–H groups in total. The molecule has 18 heavy (non-hydrogen) atoms. The number of carbonyl (C=O) groups excluding carboxylic acids is 1. The van der Waals surface area contributed by atoms with Crippen LogP contribution in [0.2, 0.25) is 0 Å². The smallest absolute Gasteiger partial charge is 0.242 e. The number of benzene rings is 1. The van der Waals surface area contributed by atoms with Gasteiger partial charge in [0.25, 0.3) is 0 Å². The molecule has 0 aliphatic rings. The largest absolute Gasteiger partial charge is 0.368 e. The van der Waals surface area contributed by atoms with E-state index >= 15 is 0 Å². The zero-order chi connectivity index (χ0) is 13.1. The van der Waals surface area contributed by atoms with Gasteiger partial charge in [-0.2, -0.15) is 5.48 Å². The van der Waals surface area contributed by atoms with Crippen LogP contribution < -0.4 is 11.2 Å². The van der Waals surface area contributed by atoms with Crippen LogP contribution in [0.3, 0.4) is 0 Å². The lowest BCUT2D eigenvalue weighted by atomic mass is 10.1. The first-order chi connectivity index (χ1) is 8.63. The van der Waals surface area contributed by atoms with Crippen molar-refractivity contribution in [1.82, 2.24) is 5.48 Å². The molecule has 0 aliphatic heterocycles. The Hall–Kier alpha value is -1.69. The van der Waals surface area contributed by atoms with E-state index in [2.05, 4.69) is 0 Å². The summed E-state index contributed by atoms with van der Waals surface area (Å²) in [5.41, 5.74) is 9.42. The number of hydroxylamine groups is 1. The molecule has 1 heterocycles. The quantitative estimate of drug-likeness (QED) is 0.740. The molecular formula is C13H14N2O2S. The lowest BCUT2D eigenvalue weighted by molar-refractivity contribution is -0.122. The number of aryl methyl sites for hydroxylation is 1. The van der Waals surface area contributed by atoms with Crippen LogP contribution in [-0.4, -0.2) is 11.1 Å². The standard InChI is InChI=1S/C13H14N2O2S/c1-8-4-2-3-5-9(8)10-6-7-11(18-10)12(15-17)13(14)16/h2-7,12,15,17H,1H3,(H2,14,16). The van der Waals surface area contributed by atoms with E-state index in [4.69, 9.17) is 10.9 Å². The highest BCUT2D eigenvalue weighted by Crippen LogP contribution is 2.32. The minimum atomic E-state index is -0.854. The van der Waals surface area contributed by atoms with Crippen molar-refractivity contribution in [2.24, 2.45) is 5.73 Å². The van der Waals surface area contributed by atoms with Gasteiger partial charge in [0.15, 0.2) is 0 Å². The van der Waals surface area contributed by atoms with Gasteiger partial charge in [-0.1, -0.05) is 24.3 Å². The number of amides is 1. The number of carbonyl (C=O) groups is 1. The monoisotopic (exact) mass is 262 g/mol. The van der Waals surface area contributed by atoms with Crippen LogP contribution in [0.1, 0.15) is 16.5 Å². The van der Waals surface area contributed by atoms with Crippen molar-refractivity contribution in [3.8, 4) is 10.4 Å². The van der Waals surface area contributed by atoms with Crippen LogP contribution in [0.5, 0.6) is 0 Å². The van der Waals surface area contributed by atoms with Gasteiger partial charge in [0.05, 0.1) is 0 Å². The molecule has 94 valence electrons. The van der Waals surface area contributed by atoms with E-state index in [1.54, 1.807) is 6.07 Å². The molecule has 0 saturated heterocycles. The molecule has 1 aromatic heterocycles. The molecular weight excluding hydrogens is 248 g/mol. The molecule has 0 bridgehead atoms. The van der Waals surface area contributed by atoms with Gasteiger partial charge in [-0.3, -0.25) is 4.79 Å². The molecule has 1 atom stereocenters. The Balaban J connectivity index is 2.36. The topological polar surface area (TPSA) is 75.3 Å². The van der Waals surface area contributed by atoms with E-state index in [0.29, 0.717) is 4.88 Å². The number of hydrogen-bond acceptors (Lipinski definition) is 4. The minimum absolute atomic E-state index is 0.601. The van der Waals surface area contributed by atoms with E-state index in [1.165, 1.54) is 16.9 Å². The third-order valence-electron chi connectivity index (χ3n) is 2.74. The number of nitrogens with one attached hydrogen (secondary N) is 1. The molecule has 1 unspecified atom stereocenters. The number of nitrogens with two attached hydrogens (primary N) is 1. The third-order valence-corrected chi connectivity index (χ3v) is 3.92. The van der Waals surface area contributed by atoms with E-state index in [9.17, 15) is 4.79 Å². The van der Waals surface area contributed by atoms with Crippen molar-refractivity contribution < 1.29 is 10.0 Å². The summed E-state index contributed by atoms with van der Waals surface area (Å²) >= 11 is 1.44. The highest BCUT2D eigenvalue weighted by atomic mass is 32.1. The Bertz CT molecular complexity index is 566. The highest BCUT2D eigenvalue weighted by molar-refractivity contribution is 7.15. The van der Waals surface area contributed by atoms with Gasteiger partial charge in [0.2, 0.25) is 5.91 Å². The van der Waals surface area contributed by atoms with Gasteiger partial charge in [0.1, 0.15) is 6.04 Å². The fourth-order valence-corrected chi connectivity index (χ4v) is 2.92. The number of primary amides is 1. The minimum Gasteiger partial charge on any atom is -0.368 e. The Kier molecular flexibility index (Phi) is 3.76. The highest BCUT2D eigenvalue weighted by Gasteiger charge is 2.19. The summed E-state index contributed by atoms with van der Waals surface area (Å²) < 4.78 is 0. The summed E-state index contributed by atoms with van der Waals surface area (Å²) in [6.45, 7) is 2.03. The average Bonchev–Trinajstić information content (AvgIpc) is 2.79. The predicted molar refractivity (Wildman–Crippen MR) is 71.3 cm³/mol. The fraction of sp³-hybridized carbons (Fsp3) is 0.154. The van der Waals surface area contributed by atoms with Crippen molar-refractivity contribution in [3.63, 3.8) is 0 Å². The van der Waals surface area contributed by atoms with Crippen molar-refractivity contribution in [3.05, 3.63) is 46.8 Å². The lowest BCUT2D eigenvalue weighted by Gasteiger charge is -2.08. The average molecular weight is 262 g/mol. The zero-order valence-corrected chi connectivity index (χ0v) is 10.7. The first-order valence-electron chi connectivity index (χ1n) is 5.48. The van der Waals surface area contributed by atoms with Gasteiger partial charge in [-0.25, -0.2) is 0 Å². The second-order valence-corrected chi connectivity index (χ2v) is 5.10. The summed E-state index contributed by atoms with van der Waals surface area (Å²) in [6.07, 6.45) is 0. The van der Waals surface area contributed by atoms with Crippen molar-refractivity contribution in [2.75, 3.05) is 0 Å². The van der Waals surface area contributed by atoms with E-state index in [1.807, 2.05) is 42.7 Å². The molecule has 4 nitrogen and oxygen atoms in total. The maximum absolute atomic E-state index is 11.2. The van der Waals surface area contributed by atoms with Crippen LogP contribution in [0, 0.1) is 6.92 Å². The molecule has 2 rings (SSSR count). The summed E-state index contributed by atoms with van der Waals surface area (Å²) in [7, 11) is 0. The SMILES string of the molecule is Cc1ccccc1-c1ccc(C(NO)C(N)=O)s1. The summed E-state index contributed by atoms with van der Waals surface area (Å²) in [6, 6.07) is 10.9. The summed E-state index contributed by atoms with van der Waals surface area (Å²) in [5.74, 6) is -0.601. The maximum atomic E-state index is 11.2. The predicted octanol–water partition coefficient (Wildman–Crippen LogP) is 2.23. The Morgan fingerprint density at radius 2 is 2.06 bits per heavy atom. The molecule has 0 radical (unpaired) electrons. The van der Waals surface area contributed by atoms with Crippen molar-refractivity contribution in [2.45, 2.75) is 13.0 Å². The van der Waals surface area contributed by atoms with Crippen molar-refractivity contribution in [1.29, 1.82) is 0 Å². The van der Waals surface area contributed by atoms with Gasteiger partial charge in [-0.05, 0) is 30.2 Å². The zero-order valence-electron chi connectivity index (χ0n) is 9.88. The second-order valence-electron chi connectivity index (χ2n) is 3.98. The normalized spacial score (nSPS) is 12.3. The molecule has 0 saturated carbocycles. The van der Waals surface area contributed by atoms with Crippen LogP contribution in [-0.2, 0) is 4.79 Å². The van der Waals surface area contributed by atoms with Gasteiger partial charge in [0, 0.05) is 9.75 Å². The molecule has 0 aliphatic carbocycles. The molecule has 2 aromatic rings. The fourth-order valence-electron chi connectivity index (χ4n) is 1.77. The van der Waals surface area contributed by atoms with Crippen LogP contribution in [0.4, 0.5) is 0 Å². The van der Waals surface area contributed by atoms with Gasteiger partial charge < -0.3 is 10.9 Å². The number of rotatable bonds is 4. The van der Waals surface area contributed by atoms with Gasteiger partial charge >= 0.3 is 0 Å². The van der Waals surface area contributed by atoms with Crippen molar-refractivity contribution >= 4 is 17.2 Å². The van der Waals surface area contributed by atoms with Crippen LogP contribution in [0.15, 0.2) is 36.4 Å². The van der Waals surface area contributed by atoms with E-state index in [-0.39, 0.29) is 0 Å². The van der Waals surface area contributed by atoms with Gasteiger partial charge in [-0.15, -0.1) is 11.3 Å². The Morgan fingerprint density at radius 3 is 2.67 bits per heavy atom. The van der Waals surface area contributed by atoms with E-state index in [0.717, 1.165) is 10.4 Å². The molecule has 0 spiro atoms.